The summed E-state index contributed by atoms with van der Waals surface area (Å²) in [4.78, 5) is 40.1. The van der Waals surface area contributed by atoms with Gasteiger partial charge < -0.3 is 15.3 Å². The van der Waals surface area contributed by atoms with Crippen LogP contribution in [0.1, 0.15) is 252 Å². The number of allylic oxidation sites excluding steroid dienone is 12. The normalized spacial score (nSPS) is 14.4. The third-order valence-corrected chi connectivity index (χ3v) is 12.1. The molecule has 6 nitrogen and oxygen atoms in total. The maximum absolute atomic E-state index is 13.6. The third-order valence-electron chi connectivity index (χ3n) is 12.1. The van der Waals surface area contributed by atoms with Gasteiger partial charge in [0.05, 0.1) is 0 Å². The van der Waals surface area contributed by atoms with Crippen LogP contribution in [0, 0.1) is 0 Å². The zero-order valence-electron chi connectivity index (χ0n) is 41.1. The minimum atomic E-state index is -2.85. The Morgan fingerprint density at radius 3 is 0.968 bits per heavy atom. The van der Waals surface area contributed by atoms with Crippen molar-refractivity contribution in [3.63, 3.8) is 0 Å². The van der Waals surface area contributed by atoms with Crippen LogP contribution >= 0.6 is 0 Å². The second-order valence-corrected chi connectivity index (χ2v) is 17.9. The van der Waals surface area contributed by atoms with Gasteiger partial charge in [0.25, 0.3) is 0 Å². The summed E-state index contributed by atoms with van der Waals surface area (Å²) < 4.78 is 0. The molecule has 0 spiro atoms. The lowest BCUT2D eigenvalue weighted by molar-refractivity contribution is -0.181. The Kier molecular flexibility index (Phi) is 43.9. The predicted octanol–water partition coefficient (Wildman–Crippen LogP) is 15.6. The van der Waals surface area contributed by atoms with E-state index in [2.05, 4.69) is 81.5 Å². The van der Waals surface area contributed by atoms with Crippen molar-refractivity contribution >= 4 is 17.3 Å². The molecule has 0 aliphatic heterocycles. The summed E-state index contributed by atoms with van der Waals surface area (Å²) in [5.41, 5.74) is -2.85. The smallest absolute Gasteiger partial charge is 0.189 e. The summed E-state index contributed by atoms with van der Waals surface area (Å²) in [5.74, 6) is -2.27. The van der Waals surface area contributed by atoms with E-state index in [1.54, 1.807) is 0 Å². The van der Waals surface area contributed by atoms with Gasteiger partial charge in [-0.2, -0.15) is 0 Å². The van der Waals surface area contributed by atoms with Crippen LogP contribution in [0.3, 0.4) is 0 Å². The highest BCUT2D eigenvalue weighted by Gasteiger charge is 2.53. The first kappa shape index (κ1) is 60.3. The standard InChI is InChI=1S/C57H98O6/c1-4-7-10-13-16-19-22-25-26-27-28-29-30-33-35-38-41-44-47-50-53(59)56(62)57(63,54(60)51-48-45-42-39-36-32-24-21-18-15-12-9-6-3)55(61)52(58)49-46-43-40-37-34-31-23-20-17-14-11-8-5-2/h7,10,16,19,25-26,28-29,33,35,41,44,55-56,61-63H,4-6,8-9,11-15,17-18,20-24,27,30-32,34,36-40,42-43,45-51H2,1-3H3/b10-7-,19-16-,26-25-,29-28-,35-33-,44-41-. The predicted molar refractivity (Wildman–Crippen MR) is 270 cm³/mol. The molecule has 0 aromatic carbocycles. The Morgan fingerprint density at radius 2 is 0.635 bits per heavy atom. The SMILES string of the molecule is CC/C=C\C/C=C\C/C=C\C/C=C\C/C=C\C/C=C\CCC(=O)C(O)C(O)(C(=O)CCCCCCCCCCCCCCC)C(O)C(=O)CCCCCCCCCCCCCCC. The van der Waals surface area contributed by atoms with E-state index >= 15 is 0 Å². The number of aliphatic hydroxyl groups is 3. The van der Waals surface area contributed by atoms with E-state index in [-0.39, 0.29) is 19.3 Å². The van der Waals surface area contributed by atoms with Gasteiger partial charge in [0.15, 0.2) is 35.2 Å². The van der Waals surface area contributed by atoms with Crippen LogP contribution in [0.25, 0.3) is 0 Å². The van der Waals surface area contributed by atoms with Gasteiger partial charge in [0, 0.05) is 19.3 Å². The van der Waals surface area contributed by atoms with E-state index in [0.29, 0.717) is 25.7 Å². The average Bonchev–Trinajstić information content (AvgIpc) is 3.29. The summed E-state index contributed by atoms with van der Waals surface area (Å²) in [6, 6.07) is 0. The molecule has 0 fully saturated rings. The van der Waals surface area contributed by atoms with Crippen LogP contribution < -0.4 is 0 Å². The van der Waals surface area contributed by atoms with E-state index in [1.165, 1.54) is 109 Å². The summed E-state index contributed by atoms with van der Waals surface area (Å²) in [5, 5.41) is 34.1. The van der Waals surface area contributed by atoms with Gasteiger partial charge in [0.2, 0.25) is 0 Å². The molecule has 3 unspecified atom stereocenters. The molecule has 0 radical (unpaired) electrons. The number of hydrogen-bond donors (Lipinski definition) is 3. The zero-order chi connectivity index (χ0) is 46.3. The zero-order valence-corrected chi connectivity index (χ0v) is 41.1. The van der Waals surface area contributed by atoms with Crippen molar-refractivity contribution in [2.24, 2.45) is 0 Å². The van der Waals surface area contributed by atoms with Gasteiger partial charge >= 0.3 is 0 Å². The van der Waals surface area contributed by atoms with E-state index in [9.17, 15) is 29.7 Å². The highest BCUT2D eigenvalue weighted by atomic mass is 16.4. The lowest BCUT2D eigenvalue weighted by Gasteiger charge is -2.34. The Labute approximate surface area is 388 Å². The van der Waals surface area contributed by atoms with Crippen molar-refractivity contribution in [2.75, 3.05) is 0 Å². The number of carbonyl (C=O) groups excluding carboxylic acids is 3. The van der Waals surface area contributed by atoms with Crippen molar-refractivity contribution in [3.05, 3.63) is 72.9 Å². The second-order valence-electron chi connectivity index (χ2n) is 17.9. The molecule has 0 rings (SSSR count). The van der Waals surface area contributed by atoms with E-state index in [4.69, 9.17) is 0 Å². The lowest BCUT2D eigenvalue weighted by Crippen LogP contribution is -2.63. The molecule has 0 saturated carbocycles. The number of hydrogen-bond acceptors (Lipinski definition) is 6. The first-order valence-corrected chi connectivity index (χ1v) is 26.3. The van der Waals surface area contributed by atoms with Crippen LogP contribution in [0.5, 0.6) is 0 Å². The molecule has 0 bridgehead atoms. The highest BCUT2D eigenvalue weighted by Crippen LogP contribution is 2.26. The number of aliphatic hydroxyl groups excluding tert-OH is 2. The van der Waals surface area contributed by atoms with Crippen molar-refractivity contribution in [3.8, 4) is 0 Å². The molecule has 0 aliphatic carbocycles. The van der Waals surface area contributed by atoms with Gasteiger partial charge in [-0.25, -0.2) is 0 Å². The van der Waals surface area contributed by atoms with Gasteiger partial charge in [-0.15, -0.1) is 0 Å². The van der Waals surface area contributed by atoms with Crippen LogP contribution in [-0.2, 0) is 14.4 Å². The van der Waals surface area contributed by atoms with Crippen molar-refractivity contribution < 1.29 is 29.7 Å². The molecule has 6 heteroatoms. The minimum absolute atomic E-state index is 0.00724. The Hall–Kier alpha value is -2.67. The van der Waals surface area contributed by atoms with Crippen LogP contribution in [0.2, 0.25) is 0 Å². The molecule has 0 amide bonds. The Balaban J connectivity index is 4.92. The first-order chi connectivity index (χ1) is 30.8. The molecule has 0 saturated heterocycles. The van der Waals surface area contributed by atoms with Gasteiger partial charge in [-0.05, 0) is 57.8 Å². The molecule has 0 aromatic rings. The largest absolute Gasteiger partial charge is 0.382 e. The second kappa shape index (κ2) is 45.9. The molecule has 362 valence electrons. The van der Waals surface area contributed by atoms with Crippen LogP contribution in [0.15, 0.2) is 72.9 Å². The van der Waals surface area contributed by atoms with Crippen molar-refractivity contribution in [1.82, 2.24) is 0 Å². The van der Waals surface area contributed by atoms with E-state index < -0.39 is 35.2 Å². The molecule has 0 aliphatic rings. The lowest BCUT2D eigenvalue weighted by atomic mass is 9.78. The summed E-state index contributed by atoms with van der Waals surface area (Å²) in [6.07, 6.45) is 56.3. The number of rotatable bonds is 47. The minimum Gasteiger partial charge on any atom is -0.382 e. The topological polar surface area (TPSA) is 112 Å². The molecule has 3 N–H and O–H groups in total. The number of carbonyl (C=O) groups is 3. The molecule has 63 heavy (non-hydrogen) atoms. The summed E-state index contributed by atoms with van der Waals surface area (Å²) >= 11 is 0. The maximum atomic E-state index is 13.6. The quantitative estimate of drug-likeness (QED) is 0.0415. The van der Waals surface area contributed by atoms with Gasteiger partial charge in [0.1, 0.15) is 0 Å². The third kappa shape index (κ3) is 35.3. The molecular weight excluding hydrogens is 781 g/mol. The number of ketones is 3. The van der Waals surface area contributed by atoms with Gasteiger partial charge in [-0.3, -0.25) is 14.4 Å². The summed E-state index contributed by atoms with van der Waals surface area (Å²) in [7, 11) is 0. The Morgan fingerprint density at radius 1 is 0.365 bits per heavy atom. The molecule has 3 atom stereocenters. The molecule has 0 aromatic heterocycles. The van der Waals surface area contributed by atoms with E-state index in [1.807, 2.05) is 12.2 Å². The molecule has 0 heterocycles. The fourth-order valence-electron chi connectivity index (χ4n) is 7.90. The van der Waals surface area contributed by atoms with Crippen LogP contribution in [-0.4, -0.2) is 50.5 Å². The number of unbranched alkanes of at least 4 members (excludes halogenated alkanes) is 24. The van der Waals surface area contributed by atoms with Crippen molar-refractivity contribution in [2.45, 2.75) is 270 Å². The fraction of sp³-hybridized carbons (Fsp3) is 0.737. The monoisotopic (exact) mass is 879 g/mol. The number of Topliss-reactive ketones (excluding diaryl/α,β-unsaturated/α-hetero) is 3. The van der Waals surface area contributed by atoms with Crippen LogP contribution in [0.4, 0.5) is 0 Å². The Bertz CT molecular complexity index is 1260. The van der Waals surface area contributed by atoms with Crippen molar-refractivity contribution in [1.29, 1.82) is 0 Å². The highest BCUT2D eigenvalue weighted by molar-refractivity contribution is 6.01. The summed E-state index contributed by atoms with van der Waals surface area (Å²) in [6.45, 7) is 6.62. The average molecular weight is 879 g/mol. The maximum Gasteiger partial charge on any atom is 0.189 e. The molecular formula is C57H98O6. The van der Waals surface area contributed by atoms with Gasteiger partial charge in [-0.1, -0.05) is 248 Å². The van der Waals surface area contributed by atoms with E-state index in [0.717, 1.165) is 77.0 Å². The first-order valence-electron chi connectivity index (χ1n) is 26.3. The fourth-order valence-corrected chi connectivity index (χ4v) is 7.90.